The van der Waals surface area contributed by atoms with E-state index in [4.69, 9.17) is 4.42 Å². The Morgan fingerprint density at radius 3 is 2.90 bits per heavy atom. The molecule has 110 valence electrons. The van der Waals surface area contributed by atoms with E-state index in [9.17, 15) is 9.90 Å². The molecule has 5 nitrogen and oxygen atoms in total. The summed E-state index contributed by atoms with van der Waals surface area (Å²) in [6.07, 6.45) is 3.76. The number of carbonyl (C=O) groups is 1. The van der Waals surface area contributed by atoms with Gasteiger partial charge in [0.2, 0.25) is 0 Å². The normalized spacial score (nSPS) is 20.4. The highest BCUT2D eigenvalue weighted by atomic mass is 32.1. The zero-order valence-corrected chi connectivity index (χ0v) is 12.5. The second-order valence-corrected chi connectivity index (χ2v) is 7.14. The highest BCUT2D eigenvalue weighted by molar-refractivity contribution is 7.15. The quantitative estimate of drug-likeness (QED) is 0.945. The maximum atomic E-state index is 12.5. The van der Waals surface area contributed by atoms with E-state index in [0.29, 0.717) is 30.5 Å². The molecule has 0 bridgehead atoms. The summed E-state index contributed by atoms with van der Waals surface area (Å²) in [7, 11) is 0. The van der Waals surface area contributed by atoms with Gasteiger partial charge in [0.15, 0.2) is 10.8 Å². The predicted octanol–water partition coefficient (Wildman–Crippen LogP) is 2.31. The fourth-order valence-electron chi connectivity index (χ4n) is 2.89. The first-order valence-electron chi connectivity index (χ1n) is 7.10. The Hall–Kier alpha value is -1.66. The molecular weight excluding hydrogens is 288 g/mol. The molecule has 2 aromatic heterocycles. The van der Waals surface area contributed by atoms with Gasteiger partial charge in [0.1, 0.15) is 11.3 Å². The van der Waals surface area contributed by atoms with Crippen molar-refractivity contribution in [2.45, 2.75) is 25.4 Å². The fraction of sp³-hybridized carbons (Fsp3) is 0.467. The smallest absolute Gasteiger partial charge is 0.273 e. The number of thiazole rings is 1. The number of furan rings is 1. The topological polar surface area (TPSA) is 66.6 Å². The number of aliphatic hydroxyl groups is 1. The molecule has 4 rings (SSSR count). The van der Waals surface area contributed by atoms with Crippen molar-refractivity contribution in [2.24, 2.45) is 5.92 Å². The number of hydrogen-bond donors (Lipinski definition) is 1. The standard InChI is InChI=1S/C15H16N2O3S/c1-9-12(16-13(21-9)11-3-2-6-20-11)14(18)17-7-15(19,8-17)10-4-5-10/h2-3,6,10,19H,4-5,7-8H2,1H3. The first kappa shape index (κ1) is 13.0. The Kier molecular flexibility index (Phi) is 2.74. The number of carbonyl (C=O) groups excluding carboxylic acids is 1. The summed E-state index contributed by atoms with van der Waals surface area (Å²) in [5.41, 5.74) is -0.173. The predicted molar refractivity (Wildman–Crippen MR) is 78.1 cm³/mol. The number of rotatable bonds is 3. The van der Waals surface area contributed by atoms with Crippen LogP contribution in [-0.2, 0) is 0 Å². The Balaban J connectivity index is 1.53. The van der Waals surface area contributed by atoms with Gasteiger partial charge in [0.25, 0.3) is 5.91 Å². The molecule has 1 N–H and O–H groups in total. The lowest BCUT2D eigenvalue weighted by atomic mass is 9.88. The second kappa shape index (κ2) is 4.42. The lowest BCUT2D eigenvalue weighted by molar-refractivity contribution is -0.0959. The molecule has 1 aliphatic carbocycles. The Bertz CT molecular complexity index is 682. The molecule has 2 aromatic rings. The minimum Gasteiger partial charge on any atom is -0.462 e. The molecule has 0 spiro atoms. The third-order valence-corrected chi connectivity index (χ3v) is 5.27. The van der Waals surface area contributed by atoms with Crippen LogP contribution in [0.1, 0.15) is 28.2 Å². The van der Waals surface area contributed by atoms with Gasteiger partial charge in [0.05, 0.1) is 19.4 Å². The van der Waals surface area contributed by atoms with Crippen molar-refractivity contribution in [1.29, 1.82) is 0 Å². The van der Waals surface area contributed by atoms with Crippen LogP contribution >= 0.6 is 11.3 Å². The number of nitrogens with zero attached hydrogens (tertiary/aromatic N) is 2. The molecule has 1 saturated carbocycles. The van der Waals surface area contributed by atoms with Gasteiger partial charge in [-0.15, -0.1) is 11.3 Å². The molecule has 6 heteroatoms. The molecule has 3 heterocycles. The van der Waals surface area contributed by atoms with Crippen LogP contribution in [0.15, 0.2) is 22.8 Å². The van der Waals surface area contributed by atoms with E-state index < -0.39 is 5.60 Å². The number of aryl methyl sites for hydroxylation is 1. The number of aromatic nitrogens is 1. The summed E-state index contributed by atoms with van der Waals surface area (Å²) in [4.78, 5) is 19.5. The van der Waals surface area contributed by atoms with Gasteiger partial charge in [-0.3, -0.25) is 4.79 Å². The number of likely N-dealkylation sites (tertiary alicyclic amines) is 1. The number of hydrogen-bond acceptors (Lipinski definition) is 5. The van der Waals surface area contributed by atoms with Crippen LogP contribution in [0.2, 0.25) is 0 Å². The number of amides is 1. The molecule has 21 heavy (non-hydrogen) atoms. The molecule has 2 aliphatic rings. The maximum Gasteiger partial charge on any atom is 0.273 e. The van der Waals surface area contributed by atoms with Gasteiger partial charge < -0.3 is 14.4 Å². The zero-order chi connectivity index (χ0) is 14.6. The van der Waals surface area contributed by atoms with Gasteiger partial charge in [-0.1, -0.05) is 0 Å². The lowest BCUT2D eigenvalue weighted by Crippen LogP contribution is -2.64. The second-order valence-electron chi connectivity index (χ2n) is 5.94. The van der Waals surface area contributed by atoms with Gasteiger partial charge in [-0.25, -0.2) is 4.98 Å². The van der Waals surface area contributed by atoms with Crippen LogP contribution in [0, 0.1) is 12.8 Å². The molecule has 0 unspecified atom stereocenters. The summed E-state index contributed by atoms with van der Waals surface area (Å²) in [5.74, 6) is 0.976. The summed E-state index contributed by atoms with van der Waals surface area (Å²) >= 11 is 1.46. The maximum absolute atomic E-state index is 12.5. The van der Waals surface area contributed by atoms with E-state index in [-0.39, 0.29) is 5.91 Å². The largest absolute Gasteiger partial charge is 0.462 e. The SMILES string of the molecule is Cc1sc(-c2ccco2)nc1C(=O)N1CC(O)(C2CC2)C1. The zero-order valence-electron chi connectivity index (χ0n) is 11.7. The van der Waals surface area contributed by atoms with E-state index in [2.05, 4.69) is 4.98 Å². The first-order valence-corrected chi connectivity index (χ1v) is 7.91. The van der Waals surface area contributed by atoms with Crippen LogP contribution in [-0.4, -0.2) is 39.6 Å². The molecule has 1 amide bonds. The van der Waals surface area contributed by atoms with Crippen molar-refractivity contribution in [2.75, 3.05) is 13.1 Å². The molecule has 1 aliphatic heterocycles. The third kappa shape index (κ3) is 2.10. The summed E-state index contributed by atoms with van der Waals surface area (Å²) in [6.45, 7) is 2.76. The Morgan fingerprint density at radius 2 is 2.29 bits per heavy atom. The monoisotopic (exact) mass is 304 g/mol. The highest BCUT2D eigenvalue weighted by Crippen LogP contribution is 2.45. The molecule has 0 atom stereocenters. The lowest BCUT2D eigenvalue weighted by Gasteiger charge is -2.46. The molecule has 0 radical (unpaired) electrons. The van der Waals surface area contributed by atoms with Crippen LogP contribution in [0.4, 0.5) is 0 Å². The summed E-state index contributed by atoms with van der Waals surface area (Å²) < 4.78 is 5.32. The first-order chi connectivity index (χ1) is 10.1. The van der Waals surface area contributed by atoms with Gasteiger partial charge in [-0.2, -0.15) is 0 Å². The average molecular weight is 304 g/mol. The van der Waals surface area contributed by atoms with Crippen LogP contribution in [0.3, 0.4) is 0 Å². The summed E-state index contributed by atoms with van der Waals surface area (Å²) in [5, 5.41) is 11.0. The van der Waals surface area contributed by atoms with Crippen molar-refractivity contribution < 1.29 is 14.3 Å². The van der Waals surface area contributed by atoms with E-state index in [0.717, 1.165) is 22.7 Å². The van der Waals surface area contributed by atoms with Crippen molar-refractivity contribution >= 4 is 17.2 Å². The van der Waals surface area contributed by atoms with Gasteiger partial charge in [0, 0.05) is 4.88 Å². The van der Waals surface area contributed by atoms with Gasteiger partial charge >= 0.3 is 0 Å². The highest BCUT2D eigenvalue weighted by Gasteiger charge is 2.53. The van der Waals surface area contributed by atoms with E-state index in [1.165, 1.54) is 11.3 Å². The average Bonchev–Trinajstić information content (AvgIpc) is 2.99. The number of β-amino-alcohol motifs (C(OH)–C–C–N with tert-alkyl or cyclic N) is 1. The van der Waals surface area contributed by atoms with E-state index >= 15 is 0 Å². The van der Waals surface area contributed by atoms with Crippen LogP contribution in [0.5, 0.6) is 0 Å². The van der Waals surface area contributed by atoms with Crippen LogP contribution in [0.25, 0.3) is 10.8 Å². The van der Waals surface area contributed by atoms with Gasteiger partial charge in [-0.05, 0) is 37.8 Å². The Labute approximate surface area is 126 Å². The summed E-state index contributed by atoms with van der Waals surface area (Å²) in [6, 6.07) is 3.64. The minimum absolute atomic E-state index is 0.0909. The van der Waals surface area contributed by atoms with Crippen molar-refractivity contribution in [1.82, 2.24) is 9.88 Å². The molecular formula is C15H16N2O3S. The van der Waals surface area contributed by atoms with E-state index in [1.807, 2.05) is 13.0 Å². The van der Waals surface area contributed by atoms with Crippen molar-refractivity contribution in [3.8, 4) is 10.8 Å². The van der Waals surface area contributed by atoms with Crippen molar-refractivity contribution in [3.05, 3.63) is 29.0 Å². The molecule has 1 saturated heterocycles. The van der Waals surface area contributed by atoms with Crippen LogP contribution < -0.4 is 0 Å². The fourth-order valence-corrected chi connectivity index (χ4v) is 3.76. The molecule has 0 aromatic carbocycles. The van der Waals surface area contributed by atoms with Crippen molar-refractivity contribution in [3.63, 3.8) is 0 Å². The van der Waals surface area contributed by atoms with E-state index in [1.54, 1.807) is 17.2 Å². The Morgan fingerprint density at radius 1 is 1.52 bits per heavy atom. The minimum atomic E-state index is -0.649. The molecule has 2 fully saturated rings. The third-order valence-electron chi connectivity index (χ3n) is 4.28.